The second kappa shape index (κ2) is 6.01. The molecule has 0 radical (unpaired) electrons. The summed E-state index contributed by atoms with van der Waals surface area (Å²) < 4.78 is 11.0. The molecule has 2 fully saturated rings. The first-order valence-electron chi connectivity index (χ1n) is 7.02. The summed E-state index contributed by atoms with van der Waals surface area (Å²) in [6.07, 6.45) is 9.30. The Hall–Kier alpha value is -0.340. The van der Waals surface area contributed by atoms with Gasteiger partial charge in [-0.25, -0.2) is 0 Å². The molecular weight excluding hydrogens is 212 g/mol. The molecule has 0 aromatic carbocycles. The molecule has 0 spiro atoms. The van der Waals surface area contributed by atoms with Crippen LogP contribution in [0.2, 0.25) is 0 Å². The third-order valence-corrected chi connectivity index (χ3v) is 4.12. The minimum atomic E-state index is 0.284. The molecule has 17 heavy (non-hydrogen) atoms. The van der Waals surface area contributed by atoms with Gasteiger partial charge in [0.15, 0.2) is 0 Å². The molecule has 1 saturated heterocycles. The van der Waals surface area contributed by atoms with E-state index in [4.69, 9.17) is 9.47 Å². The predicted octanol–water partition coefficient (Wildman–Crippen LogP) is 3.57. The summed E-state index contributed by atoms with van der Waals surface area (Å²) in [5.41, 5.74) is 1.83. The number of rotatable bonds is 5. The van der Waals surface area contributed by atoms with E-state index in [9.17, 15) is 0 Å². The maximum absolute atomic E-state index is 5.75. The second-order valence-electron chi connectivity index (χ2n) is 6.10. The molecular formula is C15H26O2. The van der Waals surface area contributed by atoms with Crippen molar-refractivity contribution in [1.82, 2.24) is 0 Å². The molecule has 0 bridgehead atoms. The Bertz CT molecular complexity index is 260. The summed E-state index contributed by atoms with van der Waals surface area (Å²) in [5.74, 6) is 0.829. The Morgan fingerprint density at radius 1 is 1.29 bits per heavy atom. The van der Waals surface area contributed by atoms with E-state index in [2.05, 4.69) is 19.9 Å². The smallest absolute Gasteiger partial charge is 0.0650 e. The topological polar surface area (TPSA) is 18.5 Å². The van der Waals surface area contributed by atoms with E-state index in [-0.39, 0.29) is 5.41 Å². The Morgan fingerprint density at radius 2 is 2.00 bits per heavy atom. The van der Waals surface area contributed by atoms with E-state index in [1.54, 1.807) is 5.57 Å². The van der Waals surface area contributed by atoms with E-state index in [0.717, 1.165) is 32.3 Å². The summed E-state index contributed by atoms with van der Waals surface area (Å²) >= 11 is 0. The van der Waals surface area contributed by atoms with Crippen LogP contribution in [0.4, 0.5) is 0 Å². The zero-order valence-corrected chi connectivity index (χ0v) is 11.3. The van der Waals surface area contributed by atoms with Gasteiger partial charge in [-0.05, 0) is 25.7 Å². The van der Waals surface area contributed by atoms with E-state index < -0.39 is 0 Å². The van der Waals surface area contributed by atoms with Crippen LogP contribution in [0.1, 0.15) is 46.0 Å². The van der Waals surface area contributed by atoms with Crippen molar-refractivity contribution < 1.29 is 9.47 Å². The third-order valence-electron chi connectivity index (χ3n) is 4.12. The van der Waals surface area contributed by atoms with Crippen molar-refractivity contribution in [3.63, 3.8) is 0 Å². The predicted molar refractivity (Wildman–Crippen MR) is 70.1 cm³/mol. The van der Waals surface area contributed by atoms with Gasteiger partial charge in [0, 0.05) is 5.41 Å². The lowest BCUT2D eigenvalue weighted by molar-refractivity contribution is -0.135. The second-order valence-corrected chi connectivity index (χ2v) is 6.10. The van der Waals surface area contributed by atoms with Gasteiger partial charge in [-0.3, -0.25) is 0 Å². The van der Waals surface area contributed by atoms with Crippen LogP contribution in [0, 0.1) is 11.3 Å². The third kappa shape index (κ3) is 3.82. The molecule has 1 aliphatic carbocycles. The first-order valence-corrected chi connectivity index (χ1v) is 7.02. The maximum atomic E-state index is 5.75. The van der Waals surface area contributed by atoms with Gasteiger partial charge >= 0.3 is 0 Å². The molecule has 0 aromatic heterocycles. The molecule has 0 atom stereocenters. The largest absolute Gasteiger partial charge is 0.380 e. The minimum Gasteiger partial charge on any atom is -0.380 e. The van der Waals surface area contributed by atoms with Crippen LogP contribution < -0.4 is 0 Å². The van der Waals surface area contributed by atoms with Crippen molar-refractivity contribution in [2.24, 2.45) is 11.3 Å². The maximum Gasteiger partial charge on any atom is 0.0650 e. The van der Waals surface area contributed by atoms with Crippen molar-refractivity contribution in [3.8, 4) is 0 Å². The molecule has 0 amide bonds. The van der Waals surface area contributed by atoms with Gasteiger partial charge in [0.1, 0.15) is 0 Å². The fourth-order valence-electron chi connectivity index (χ4n) is 2.75. The van der Waals surface area contributed by atoms with Gasteiger partial charge < -0.3 is 9.47 Å². The molecule has 2 rings (SSSR count). The highest BCUT2D eigenvalue weighted by Crippen LogP contribution is 2.29. The van der Waals surface area contributed by atoms with Gasteiger partial charge in [-0.2, -0.15) is 0 Å². The molecule has 2 aliphatic rings. The molecule has 0 N–H and O–H groups in total. The SMILES string of the molecule is CC(=CCOCC1(C)COC1)C1CCCCC1. The van der Waals surface area contributed by atoms with E-state index in [1.165, 1.54) is 32.1 Å². The normalized spacial score (nSPS) is 25.6. The number of ether oxygens (including phenoxy) is 2. The molecule has 1 heterocycles. The molecule has 98 valence electrons. The number of allylic oxidation sites excluding steroid dienone is 1. The standard InChI is InChI=1S/C15H26O2/c1-13(14-6-4-3-5-7-14)8-9-16-10-15(2)11-17-12-15/h8,14H,3-7,9-12H2,1-2H3. The lowest BCUT2D eigenvalue weighted by Crippen LogP contribution is -2.43. The van der Waals surface area contributed by atoms with E-state index in [1.807, 2.05) is 0 Å². The molecule has 1 aliphatic heterocycles. The Labute approximate surface area is 105 Å². The highest BCUT2D eigenvalue weighted by molar-refractivity contribution is 5.04. The molecule has 0 aromatic rings. The van der Waals surface area contributed by atoms with E-state index in [0.29, 0.717) is 0 Å². The zero-order chi connectivity index (χ0) is 12.1. The van der Waals surface area contributed by atoms with Gasteiger partial charge in [-0.1, -0.05) is 37.8 Å². The molecule has 1 saturated carbocycles. The van der Waals surface area contributed by atoms with Gasteiger partial charge in [0.05, 0.1) is 26.4 Å². The first-order chi connectivity index (χ1) is 8.20. The average Bonchev–Trinajstić information content (AvgIpc) is 2.33. The highest BCUT2D eigenvalue weighted by atomic mass is 16.5. The van der Waals surface area contributed by atoms with E-state index >= 15 is 0 Å². The average molecular weight is 238 g/mol. The van der Waals surface area contributed by atoms with Crippen molar-refractivity contribution >= 4 is 0 Å². The van der Waals surface area contributed by atoms with Crippen LogP contribution in [-0.2, 0) is 9.47 Å². The quantitative estimate of drug-likeness (QED) is 0.538. The number of hydrogen-bond donors (Lipinski definition) is 0. The van der Waals surface area contributed by atoms with Crippen molar-refractivity contribution in [3.05, 3.63) is 11.6 Å². The van der Waals surface area contributed by atoms with Crippen LogP contribution in [-0.4, -0.2) is 26.4 Å². The van der Waals surface area contributed by atoms with Crippen LogP contribution in [0.5, 0.6) is 0 Å². The highest BCUT2D eigenvalue weighted by Gasteiger charge is 2.33. The minimum absolute atomic E-state index is 0.284. The Balaban J connectivity index is 1.64. The number of hydrogen-bond acceptors (Lipinski definition) is 2. The Kier molecular flexibility index (Phi) is 4.63. The molecule has 2 nitrogen and oxygen atoms in total. The van der Waals surface area contributed by atoms with Gasteiger partial charge in [0.25, 0.3) is 0 Å². The van der Waals surface area contributed by atoms with Crippen LogP contribution in [0.25, 0.3) is 0 Å². The summed E-state index contributed by atoms with van der Waals surface area (Å²) in [5, 5.41) is 0. The van der Waals surface area contributed by atoms with Crippen LogP contribution in [0.3, 0.4) is 0 Å². The van der Waals surface area contributed by atoms with Gasteiger partial charge in [-0.15, -0.1) is 0 Å². The summed E-state index contributed by atoms with van der Waals surface area (Å²) in [4.78, 5) is 0. The summed E-state index contributed by atoms with van der Waals surface area (Å²) in [6, 6.07) is 0. The molecule has 0 unspecified atom stereocenters. The monoisotopic (exact) mass is 238 g/mol. The fourth-order valence-corrected chi connectivity index (χ4v) is 2.75. The summed E-state index contributed by atoms with van der Waals surface area (Å²) in [7, 11) is 0. The van der Waals surface area contributed by atoms with Crippen molar-refractivity contribution in [1.29, 1.82) is 0 Å². The first kappa shape index (κ1) is 13.1. The van der Waals surface area contributed by atoms with Crippen molar-refractivity contribution in [2.75, 3.05) is 26.4 Å². The van der Waals surface area contributed by atoms with Gasteiger partial charge in [0.2, 0.25) is 0 Å². The lowest BCUT2D eigenvalue weighted by Gasteiger charge is -2.37. The zero-order valence-electron chi connectivity index (χ0n) is 11.3. The fraction of sp³-hybridized carbons (Fsp3) is 0.867. The molecule has 2 heteroatoms. The lowest BCUT2D eigenvalue weighted by atomic mass is 9.84. The van der Waals surface area contributed by atoms with Crippen molar-refractivity contribution in [2.45, 2.75) is 46.0 Å². The van der Waals surface area contributed by atoms with Crippen LogP contribution >= 0.6 is 0 Å². The van der Waals surface area contributed by atoms with Crippen LogP contribution in [0.15, 0.2) is 11.6 Å². The Morgan fingerprint density at radius 3 is 2.59 bits per heavy atom. The summed E-state index contributed by atoms with van der Waals surface area (Å²) in [6.45, 7) is 7.83.